The van der Waals surface area contributed by atoms with Crippen molar-refractivity contribution >= 4 is 17.4 Å². The van der Waals surface area contributed by atoms with Crippen molar-refractivity contribution in [3.63, 3.8) is 0 Å². The molecule has 3 nitrogen and oxygen atoms in total. The van der Waals surface area contributed by atoms with Crippen molar-refractivity contribution in [1.82, 2.24) is 0 Å². The normalized spacial score (nSPS) is 10.1. The Kier molecular flexibility index (Phi) is 4.88. The lowest BCUT2D eigenvalue weighted by Gasteiger charge is -2.21. The summed E-state index contributed by atoms with van der Waals surface area (Å²) < 4.78 is 0. The van der Waals surface area contributed by atoms with Gasteiger partial charge in [-0.3, -0.25) is 9.59 Å². The highest BCUT2D eigenvalue weighted by atomic mass is 16.2. The van der Waals surface area contributed by atoms with Crippen LogP contribution >= 0.6 is 0 Å². The fourth-order valence-corrected chi connectivity index (χ4v) is 1.66. The van der Waals surface area contributed by atoms with Crippen LogP contribution in [0.4, 0.5) is 5.69 Å². The number of nitrogens with zero attached hydrogens (tertiary/aromatic N) is 1. The van der Waals surface area contributed by atoms with E-state index >= 15 is 0 Å². The van der Waals surface area contributed by atoms with E-state index in [0.29, 0.717) is 5.56 Å². The van der Waals surface area contributed by atoms with Gasteiger partial charge in [0.15, 0.2) is 5.78 Å². The number of unbranched alkanes of at least 4 members (excludes halogenated alkanes) is 1. The maximum Gasteiger partial charge on any atom is 0.223 e. The summed E-state index contributed by atoms with van der Waals surface area (Å²) >= 11 is 0. The molecule has 3 heteroatoms. The third-order valence-corrected chi connectivity index (χ3v) is 2.70. The number of anilines is 1. The van der Waals surface area contributed by atoms with E-state index in [2.05, 4.69) is 6.92 Å². The fraction of sp³-hybridized carbons (Fsp3) is 0.429. The molecule has 1 rings (SSSR count). The van der Waals surface area contributed by atoms with Gasteiger partial charge in [0.1, 0.15) is 0 Å². The van der Waals surface area contributed by atoms with E-state index in [1.54, 1.807) is 24.0 Å². The fourth-order valence-electron chi connectivity index (χ4n) is 1.66. The first kappa shape index (κ1) is 13.4. The van der Waals surface area contributed by atoms with Gasteiger partial charge in [-0.1, -0.05) is 13.3 Å². The van der Waals surface area contributed by atoms with Crippen molar-refractivity contribution in [2.45, 2.75) is 33.6 Å². The van der Waals surface area contributed by atoms with E-state index in [1.165, 1.54) is 6.92 Å². The number of ketones is 1. The Labute approximate surface area is 102 Å². The first-order valence-corrected chi connectivity index (χ1v) is 5.95. The highest BCUT2D eigenvalue weighted by Gasteiger charge is 2.10. The lowest BCUT2D eigenvalue weighted by atomic mass is 10.1. The van der Waals surface area contributed by atoms with Crippen molar-refractivity contribution in [3.05, 3.63) is 29.8 Å². The Morgan fingerprint density at radius 3 is 2.12 bits per heavy atom. The minimum atomic E-state index is 0.0361. The number of hydrogen-bond acceptors (Lipinski definition) is 2. The SMILES string of the molecule is CCCCN(C(C)=O)c1ccc(C(C)=O)cc1. The van der Waals surface area contributed by atoms with Gasteiger partial charge in [0.2, 0.25) is 5.91 Å². The second-order valence-electron chi connectivity index (χ2n) is 4.13. The zero-order valence-electron chi connectivity index (χ0n) is 10.7. The van der Waals surface area contributed by atoms with Crippen LogP contribution in [0.25, 0.3) is 0 Å². The van der Waals surface area contributed by atoms with E-state index in [4.69, 9.17) is 0 Å². The summed E-state index contributed by atoms with van der Waals surface area (Å²) in [4.78, 5) is 24.4. The van der Waals surface area contributed by atoms with Crippen LogP contribution in [-0.2, 0) is 4.79 Å². The average molecular weight is 233 g/mol. The van der Waals surface area contributed by atoms with Crippen molar-refractivity contribution in [1.29, 1.82) is 0 Å². The average Bonchev–Trinajstić information content (AvgIpc) is 2.29. The van der Waals surface area contributed by atoms with Crippen LogP contribution < -0.4 is 4.90 Å². The highest BCUT2D eigenvalue weighted by Crippen LogP contribution is 2.16. The Morgan fingerprint density at radius 1 is 1.12 bits per heavy atom. The second-order valence-corrected chi connectivity index (χ2v) is 4.13. The molecule has 17 heavy (non-hydrogen) atoms. The molecule has 92 valence electrons. The van der Waals surface area contributed by atoms with Crippen molar-refractivity contribution in [3.8, 4) is 0 Å². The quantitative estimate of drug-likeness (QED) is 0.733. The standard InChI is InChI=1S/C14H19NO2/c1-4-5-10-15(12(3)17)14-8-6-13(7-9-14)11(2)16/h6-9H,4-5,10H2,1-3H3. The van der Waals surface area contributed by atoms with Crippen LogP contribution in [0, 0.1) is 0 Å². The molecule has 0 N–H and O–H groups in total. The van der Waals surface area contributed by atoms with E-state index in [1.807, 2.05) is 12.1 Å². The molecule has 0 radical (unpaired) electrons. The molecule has 0 aromatic heterocycles. The van der Waals surface area contributed by atoms with Crippen LogP contribution in [0.1, 0.15) is 44.0 Å². The zero-order valence-corrected chi connectivity index (χ0v) is 10.7. The topological polar surface area (TPSA) is 37.4 Å². The van der Waals surface area contributed by atoms with Crippen LogP contribution in [0.3, 0.4) is 0 Å². The molecule has 0 aliphatic carbocycles. The molecule has 0 bridgehead atoms. The van der Waals surface area contributed by atoms with Crippen LogP contribution in [0.15, 0.2) is 24.3 Å². The number of carbonyl (C=O) groups is 2. The molecule has 0 aliphatic rings. The number of carbonyl (C=O) groups excluding carboxylic acids is 2. The number of benzene rings is 1. The molecule has 1 aromatic rings. The number of hydrogen-bond donors (Lipinski definition) is 0. The van der Waals surface area contributed by atoms with Gasteiger partial charge < -0.3 is 4.90 Å². The highest BCUT2D eigenvalue weighted by molar-refractivity contribution is 5.95. The molecule has 0 atom stereocenters. The molecular weight excluding hydrogens is 214 g/mol. The van der Waals surface area contributed by atoms with Gasteiger partial charge in [-0.05, 0) is 37.6 Å². The van der Waals surface area contributed by atoms with Crippen LogP contribution in [-0.4, -0.2) is 18.2 Å². The smallest absolute Gasteiger partial charge is 0.223 e. The number of Topliss-reactive ketones (excluding diaryl/α,β-unsaturated/α-hetero) is 1. The summed E-state index contributed by atoms with van der Waals surface area (Å²) in [6.07, 6.45) is 2.03. The molecule has 0 aliphatic heterocycles. The van der Waals surface area contributed by atoms with Crippen molar-refractivity contribution in [2.75, 3.05) is 11.4 Å². The van der Waals surface area contributed by atoms with Crippen LogP contribution in [0.2, 0.25) is 0 Å². The number of amides is 1. The Morgan fingerprint density at radius 2 is 1.71 bits per heavy atom. The van der Waals surface area contributed by atoms with Crippen LogP contribution in [0.5, 0.6) is 0 Å². The van der Waals surface area contributed by atoms with Gasteiger partial charge in [0.25, 0.3) is 0 Å². The Bertz CT molecular complexity index is 395. The summed E-state index contributed by atoms with van der Waals surface area (Å²) in [7, 11) is 0. The Balaban J connectivity index is 2.87. The maximum absolute atomic E-state index is 11.5. The third kappa shape index (κ3) is 3.70. The molecule has 0 spiro atoms. The molecule has 1 aromatic carbocycles. The summed E-state index contributed by atoms with van der Waals surface area (Å²) in [5, 5.41) is 0. The maximum atomic E-state index is 11.5. The van der Waals surface area contributed by atoms with Gasteiger partial charge in [0, 0.05) is 24.7 Å². The van der Waals surface area contributed by atoms with Gasteiger partial charge in [-0.15, -0.1) is 0 Å². The van der Waals surface area contributed by atoms with Gasteiger partial charge in [-0.2, -0.15) is 0 Å². The molecule has 1 amide bonds. The first-order valence-electron chi connectivity index (χ1n) is 5.95. The molecule has 0 unspecified atom stereocenters. The summed E-state index contributed by atoms with van der Waals surface area (Å²) in [6.45, 7) is 5.92. The van der Waals surface area contributed by atoms with Gasteiger partial charge in [0.05, 0.1) is 0 Å². The third-order valence-electron chi connectivity index (χ3n) is 2.70. The Hall–Kier alpha value is -1.64. The van der Waals surface area contributed by atoms with E-state index < -0.39 is 0 Å². The van der Waals surface area contributed by atoms with E-state index in [9.17, 15) is 9.59 Å². The molecular formula is C14H19NO2. The summed E-state index contributed by atoms with van der Waals surface area (Å²) in [5.41, 5.74) is 1.53. The summed E-state index contributed by atoms with van der Waals surface area (Å²) in [5.74, 6) is 0.0773. The minimum absolute atomic E-state index is 0.0361. The lowest BCUT2D eigenvalue weighted by molar-refractivity contribution is -0.116. The second kappa shape index (κ2) is 6.18. The number of rotatable bonds is 5. The predicted molar refractivity (Wildman–Crippen MR) is 69.4 cm³/mol. The van der Waals surface area contributed by atoms with Crippen molar-refractivity contribution in [2.24, 2.45) is 0 Å². The monoisotopic (exact) mass is 233 g/mol. The van der Waals surface area contributed by atoms with Crippen molar-refractivity contribution < 1.29 is 9.59 Å². The minimum Gasteiger partial charge on any atom is -0.313 e. The molecule has 0 saturated heterocycles. The van der Waals surface area contributed by atoms with E-state index in [0.717, 1.165) is 25.1 Å². The zero-order chi connectivity index (χ0) is 12.8. The van der Waals surface area contributed by atoms with Gasteiger partial charge in [-0.25, -0.2) is 0 Å². The van der Waals surface area contributed by atoms with Gasteiger partial charge >= 0.3 is 0 Å². The summed E-state index contributed by atoms with van der Waals surface area (Å²) in [6, 6.07) is 7.18. The lowest BCUT2D eigenvalue weighted by Crippen LogP contribution is -2.29. The largest absolute Gasteiger partial charge is 0.313 e. The predicted octanol–water partition coefficient (Wildman–Crippen LogP) is 3.04. The van der Waals surface area contributed by atoms with E-state index in [-0.39, 0.29) is 11.7 Å². The molecule has 0 fully saturated rings. The molecule has 0 heterocycles. The molecule has 0 saturated carbocycles. The first-order chi connectivity index (χ1) is 8.06.